The maximum absolute atomic E-state index is 13.7. The van der Waals surface area contributed by atoms with E-state index in [0.29, 0.717) is 26.1 Å². The summed E-state index contributed by atoms with van der Waals surface area (Å²) >= 11 is 0. The molecule has 0 spiro atoms. The first-order valence-corrected chi connectivity index (χ1v) is 15.1. The molecule has 11 heteroatoms. The molecule has 5 rings (SSSR count). The summed E-state index contributed by atoms with van der Waals surface area (Å²) in [5.74, 6) is 0.567. The Morgan fingerprint density at radius 3 is 2.77 bits per heavy atom. The fourth-order valence-corrected chi connectivity index (χ4v) is 5.51. The SMILES string of the molecule is COc1cc2c(cc1CCCNCCS(C)(=O)=O)C(N)(c1ccc3c(cnn3Cc3cccc(F)c3)c1)NC=N2. The van der Waals surface area contributed by atoms with Gasteiger partial charge in [-0.2, -0.15) is 5.10 Å². The quantitative estimate of drug-likeness (QED) is 0.239. The molecule has 0 aliphatic carbocycles. The topological polar surface area (TPSA) is 124 Å². The number of nitrogens with two attached hydrogens (primary N) is 1. The lowest BCUT2D eigenvalue weighted by molar-refractivity contribution is 0.407. The third-order valence-electron chi connectivity index (χ3n) is 7.09. The number of nitrogens with one attached hydrogen (secondary N) is 2. The molecule has 1 unspecified atom stereocenters. The van der Waals surface area contributed by atoms with Crippen LogP contribution in [0.25, 0.3) is 10.9 Å². The van der Waals surface area contributed by atoms with E-state index in [1.165, 1.54) is 18.4 Å². The summed E-state index contributed by atoms with van der Waals surface area (Å²) in [7, 11) is -1.36. The maximum Gasteiger partial charge on any atom is 0.148 e. The van der Waals surface area contributed by atoms with E-state index in [1.807, 2.05) is 41.1 Å². The highest BCUT2D eigenvalue weighted by atomic mass is 32.2. The number of nitrogens with zero attached hydrogens (tertiary/aromatic N) is 3. The molecule has 1 aliphatic heterocycles. The van der Waals surface area contributed by atoms with Gasteiger partial charge in [0.15, 0.2) is 0 Å². The molecule has 0 bridgehead atoms. The van der Waals surface area contributed by atoms with E-state index in [0.717, 1.165) is 51.0 Å². The summed E-state index contributed by atoms with van der Waals surface area (Å²) in [5.41, 5.74) is 11.1. The summed E-state index contributed by atoms with van der Waals surface area (Å²) in [6.45, 7) is 1.55. The van der Waals surface area contributed by atoms with Gasteiger partial charge in [-0.15, -0.1) is 0 Å². The van der Waals surface area contributed by atoms with Crippen LogP contribution in [-0.4, -0.2) is 56.7 Å². The van der Waals surface area contributed by atoms with Gasteiger partial charge in [0.2, 0.25) is 0 Å². The molecular weight excluding hydrogens is 531 g/mol. The average molecular weight is 565 g/mol. The van der Waals surface area contributed by atoms with Crippen LogP contribution < -0.4 is 21.1 Å². The predicted octanol–water partition coefficient (Wildman–Crippen LogP) is 3.22. The number of rotatable bonds is 11. The molecule has 4 N–H and O–H groups in total. The van der Waals surface area contributed by atoms with Crippen molar-refractivity contribution in [3.8, 4) is 5.75 Å². The van der Waals surface area contributed by atoms with Crippen molar-refractivity contribution in [2.45, 2.75) is 25.0 Å². The maximum atomic E-state index is 13.7. The van der Waals surface area contributed by atoms with Gasteiger partial charge in [-0.1, -0.05) is 18.2 Å². The van der Waals surface area contributed by atoms with Crippen molar-refractivity contribution in [2.75, 3.05) is 32.2 Å². The molecule has 0 saturated heterocycles. The largest absolute Gasteiger partial charge is 0.496 e. The number of benzene rings is 3. The number of hydrogen-bond donors (Lipinski definition) is 3. The summed E-state index contributed by atoms with van der Waals surface area (Å²) in [6.07, 6.45) is 6.14. The fourth-order valence-electron chi connectivity index (χ4n) is 5.00. The average Bonchev–Trinajstić information content (AvgIpc) is 3.32. The lowest BCUT2D eigenvalue weighted by Gasteiger charge is -2.35. The molecule has 4 aromatic rings. The molecule has 2 heterocycles. The highest BCUT2D eigenvalue weighted by Crippen LogP contribution is 2.39. The van der Waals surface area contributed by atoms with Gasteiger partial charge in [0, 0.05) is 29.8 Å². The molecule has 0 radical (unpaired) electrons. The van der Waals surface area contributed by atoms with E-state index >= 15 is 0 Å². The normalized spacial score (nSPS) is 16.6. The number of aryl methyl sites for hydroxylation is 1. The van der Waals surface area contributed by atoms with Crippen molar-refractivity contribution in [1.82, 2.24) is 20.4 Å². The molecule has 0 fully saturated rings. The van der Waals surface area contributed by atoms with E-state index < -0.39 is 15.5 Å². The fraction of sp³-hybridized carbons (Fsp3) is 0.310. The second kappa shape index (κ2) is 11.4. The summed E-state index contributed by atoms with van der Waals surface area (Å²) < 4.78 is 43.8. The van der Waals surface area contributed by atoms with Gasteiger partial charge in [0.1, 0.15) is 27.1 Å². The van der Waals surface area contributed by atoms with Crippen LogP contribution in [0.5, 0.6) is 5.75 Å². The van der Waals surface area contributed by atoms with Crippen LogP contribution >= 0.6 is 0 Å². The van der Waals surface area contributed by atoms with E-state index in [4.69, 9.17) is 10.5 Å². The zero-order chi connectivity index (χ0) is 28.3. The predicted molar refractivity (Wildman–Crippen MR) is 155 cm³/mol. The van der Waals surface area contributed by atoms with Crippen LogP contribution in [-0.2, 0) is 28.5 Å². The number of sulfone groups is 1. The number of aliphatic imine (C=N–C) groups is 1. The molecule has 1 atom stereocenters. The minimum Gasteiger partial charge on any atom is -0.496 e. The standard InChI is InChI=1S/C29H33FN6O3S/c1-39-28-16-26-25(15-21(28)6-4-10-32-11-12-40(2,37)38)29(31,34-19-33-26)23-8-9-27-22(14-23)17-35-36(27)18-20-5-3-7-24(30)13-20/h3,5,7-9,13-17,19,32H,4,6,10-12,18,31H2,1-2H3,(H,33,34). The van der Waals surface area contributed by atoms with E-state index in [2.05, 4.69) is 20.7 Å². The van der Waals surface area contributed by atoms with Crippen molar-refractivity contribution in [3.05, 3.63) is 88.9 Å². The number of halogens is 1. The summed E-state index contributed by atoms with van der Waals surface area (Å²) in [4.78, 5) is 4.52. The Kier molecular flexibility index (Phi) is 7.88. The Morgan fingerprint density at radius 2 is 2.00 bits per heavy atom. The van der Waals surface area contributed by atoms with Crippen molar-refractivity contribution in [3.63, 3.8) is 0 Å². The monoisotopic (exact) mass is 564 g/mol. The van der Waals surface area contributed by atoms with Crippen molar-refractivity contribution in [1.29, 1.82) is 0 Å². The van der Waals surface area contributed by atoms with Crippen molar-refractivity contribution >= 4 is 32.8 Å². The molecule has 0 saturated carbocycles. The Balaban J connectivity index is 1.39. The van der Waals surface area contributed by atoms with Gasteiger partial charge >= 0.3 is 0 Å². The first kappa shape index (κ1) is 27.8. The third-order valence-corrected chi connectivity index (χ3v) is 8.03. The van der Waals surface area contributed by atoms with Crippen molar-refractivity contribution in [2.24, 2.45) is 10.7 Å². The number of ether oxygens (including phenoxy) is 1. The second-order valence-corrected chi connectivity index (χ2v) is 12.3. The summed E-state index contributed by atoms with van der Waals surface area (Å²) in [6, 6.07) is 16.4. The number of aromatic nitrogens is 2. The molecule has 40 heavy (non-hydrogen) atoms. The minimum absolute atomic E-state index is 0.114. The van der Waals surface area contributed by atoms with Gasteiger partial charge in [-0.3, -0.25) is 4.68 Å². The highest BCUT2D eigenvalue weighted by molar-refractivity contribution is 7.90. The lowest BCUT2D eigenvalue weighted by atomic mass is 9.87. The van der Waals surface area contributed by atoms with Gasteiger partial charge < -0.3 is 21.1 Å². The Morgan fingerprint density at radius 1 is 1.15 bits per heavy atom. The zero-order valence-corrected chi connectivity index (χ0v) is 23.3. The Bertz CT molecular complexity index is 1670. The van der Waals surface area contributed by atoms with Crippen LogP contribution in [0.15, 0.2) is 65.8 Å². The number of fused-ring (bicyclic) bond motifs is 2. The number of hydrogen-bond acceptors (Lipinski definition) is 8. The molecular formula is C29H33FN6O3S. The lowest BCUT2D eigenvalue weighted by Crippen LogP contribution is -2.52. The minimum atomic E-state index is -2.99. The van der Waals surface area contributed by atoms with Crippen LogP contribution in [0.2, 0.25) is 0 Å². The van der Waals surface area contributed by atoms with Gasteiger partial charge in [0.05, 0.1) is 43.1 Å². The Labute approximate surface area is 233 Å². The van der Waals surface area contributed by atoms with Crippen LogP contribution in [0.4, 0.5) is 10.1 Å². The molecule has 1 aliphatic rings. The number of methoxy groups -OCH3 is 1. The van der Waals surface area contributed by atoms with Gasteiger partial charge in [0.25, 0.3) is 0 Å². The van der Waals surface area contributed by atoms with Crippen LogP contribution in [0.1, 0.15) is 28.7 Å². The first-order valence-electron chi connectivity index (χ1n) is 13.1. The van der Waals surface area contributed by atoms with Gasteiger partial charge in [-0.25, -0.2) is 17.8 Å². The van der Waals surface area contributed by atoms with Crippen molar-refractivity contribution < 1.29 is 17.5 Å². The van der Waals surface area contributed by atoms with Crippen LogP contribution in [0.3, 0.4) is 0 Å². The molecule has 9 nitrogen and oxygen atoms in total. The molecule has 3 aromatic carbocycles. The van der Waals surface area contributed by atoms with E-state index in [1.54, 1.807) is 25.7 Å². The Hall–Kier alpha value is -3.80. The second-order valence-electron chi connectivity index (χ2n) is 10.1. The molecule has 210 valence electrons. The highest BCUT2D eigenvalue weighted by Gasteiger charge is 2.35. The van der Waals surface area contributed by atoms with E-state index in [9.17, 15) is 12.8 Å². The zero-order valence-electron chi connectivity index (χ0n) is 22.5. The smallest absolute Gasteiger partial charge is 0.148 e. The first-order chi connectivity index (χ1) is 19.2. The van der Waals surface area contributed by atoms with Crippen LogP contribution in [0, 0.1) is 5.82 Å². The molecule has 0 amide bonds. The summed E-state index contributed by atoms with van der Waals surface area (Å²) in [5, 5.41) is 11.9. The van der Waals surface area contributed by atoms with E-state index in [-0.39, 0.29) is 11.6 Å². The van der Waals surface area contributed by atoms with Gasteiger partial charge in [-0.05, 0) is 66.4 Å². The molecule has 1 aromatic heterocycles. The third kappa shape index (κ3) is 6.01.